The average molecular weight is 401 g/mol. The molecular weight excluding hydrogens is 374 g/mol. The van der Waals surface area contributed by atoms with E-state index in [9.17, 15) is 15.0 Å². The van der Waals surface area contributed by atoms with Crippen molar-refractivity contribution in [3.63, 3.8) is 0 Å². The summed E-state index contributed by atoms with van der Waals surface area (Å²) in [4.78, 5) is 14.6. The van der Waals surface area contributed by atoms with E-state index in [0.717, 1.165) is 0 Å². The van der Waals surface area contributed by atoms with Crippen molar-refractivity contribution in [1.29, 1.82) is 0 Å². The van der Waals surface area contributed by atoms with Crippen LogP contribution in [0.2, 0.25) is 0 Å². The summed E-state index contributed by atoms with van der Waals surface area (Å²) in [5.41, 5.74) is 0.659. The highest BCUT2D eigenvalue weighted by Gasteiger charge is 2.50. The van der Waals surface area contributed by atoms with Gasteiger partial charge >= 0.3 is 6.09 Å². The van der Waals surface area contributed by atoms with E-state index in [0.29, 0.717) is 16.9 Å². The fourth-order valence-electron chi connectivity index (χ4n) is 3.36. The van der Waals surface area contributed by atoms with Gasteiger partial charge < -0.3 is 24.4 Å². The molecular formula is C22H27NO6. The third-order valence-corrected chi connectivity index (χ3v) is 4.59. The molecule has 2 aromatic rings. The van der Waals surface area contributed by atoms with Crippen LogP contribution in [0.3, 0.4) is 0 Å². The van der Waals surface area contributed by atoms with Crippen LogP contribution >= 0.6 is 0 Å². The van der Waals surface area contributed by atoms with Crippen LogP contribution in [0.15, 0.2) is 54.6 Å². The van der Waals surface area contributed by atoms with Crippen LogP contribution < -0.4 is 4.74 Å². The van der Waals surface area contributed by atoms with Crippen LogP contribution in [0, 0.1) is 0 Å². The molecule has 3 rings (SSSR count). The number of amides is 1. The first-order valence-electron chi connectivity index (χ1n) is 9.43. The molecule has 0 bridgehead atoms. The quantitative estimate of drug-likeness (QED) is 0.764. The average Bonchev–Trinajstić information content (AvgIpc) is 3.08. The Bertz CT molecular complexity index is 815. The first-order chi connectivity index (χ1) is 13.7. The Morgan fingerprint density at radius 2 is 1.66 bits per heavy atom. The maximum Gasteiger partial charge on any atom is 0.413 e. The summed E-state index contributed by atoms with van der Waals surface area (Å²) in [5, 5.41) is 20.0. The maximum atomic E-state index is 13.2. The first kappa shape index (κ1) is 21.1. The molecule has 1 aliphatic heterocycles. The molecule has 2 aromatic carbocycles. The minimum absolute atomic E-state index is 0.602. The SMILES string of the molecule is COc1ccc(C2O[C@@H](C(O)O)[C@@H](c3ccccc3)N2C(=O)OC(C)(C)C)cc1. The summed E-state index contributed by atoms with van der Waals surface area (Å²) in [6.07, 6.45) is -4.28. The number of benzene rings is 2. The van der Waals surface area contributed by atoms with Crippen LogP contribution in [0.4, 0.5) is 4.79 Å². The number of aliphatic hydroxyl groups is 2. The maximum absolute atomic E-state index is 13.2. The molecule has 1 unspecified atom stereocenters. The van der Waals surface area contributed by atoms with Gasteiger partial charge in [-0.25, -0.2) is 4.79 Å². The predicted octanol–water partition coefficient (Wildman–Crippen LogP) is 3.38. The number of nitrogens with zero attached hydrogens (tertiary/aromatic N) is 1. The van der Waals surface area contributed by atoms with E-state index in [1.165, 1.54) is 4.90 Å². The zero-order valence-corrected chi connectivity index (χ0v) is 17.0. The van der Waals surface area contributed by atoms with E-state index in [2.05, 4.69) is 0 Å². The van der Waals surface area contributed by atoms with Gasteiger partial charge in [-0.2, -0.15) is 0 Å². The summed E-state index contributed by atoms with van der Waals surface area (Å²) < 4.78 is 16.8. The highest BCUT2D eigenvalue weighted by molar-refractivity contribution is 5.70. The third-order valence-electron chi connectivity index (χ3n) is 4.59. The molecule has 2 N–H and O–H groups in total. The van der Waals surface area contributed by atoms with E-state index < -0.39 is 36.4 Å². The van der Waals surface area contributed by atoms with Gasteiger partial charge in [-0.3, -0.25) is 4.90 Å². The number of rotatable bonds is 4. The molecule has 0 radical (unpaired) electrons. The van der Waals surface area contributed by atoms with Gasteiger partial charge in [-0.05, 0) is 38.5 Å². The van der Waals surface area contributed by atoms with E-state index >= 15 is 0 Å². The van der Waals surface area contributed by atoms with Crippen molar-refractivity contribution in [2.75, 3.05) is 7.11 Å². The van der Waals surface area contributed by atoms with Crippen molar-refractivity contribution >= 4 is 6.09 Å². The summed E-state index contributed by atoms with van der Waals surface area (Å²) in [7, 11) is 1.57. The second-order valence-corrected chi connectivity index (χ2v) is 7.88. The Morgan fingerprint density at radius 3 is 2.17 bits per heavy atom. The normalized spacial score (nSPS) is 22.0. The summed E-state index contributed by atoms with van der Waals surface area (Å²) in [6, 6.07) is 15.5. The molecule has 1 aliphatic rings. The number of carbonyl (C=O) groups is 1. The lowest BCUT2D eigenvalue weighted by atomic mass is 10.00. The topological polar surface area (TPSA) is 88.5 Å². The Hall–Kier alpha value is -2.61. The molecule has 7 heteroatoms. The van der Waals surface area contributed by atoms with E-state index in [4.69, 9.17) is 14.2 Å². The van der Waals surface area contributed by atoms with Gasteiger partial charge in [0, 0.05) is 5.56 Å². The third kappa shape index (κ3) is 4.70. The van der Waals surface area contributed by atoms with Gasteiger partial charge in [0.15, 0.2) is 12.5 Å². The summed E-state index contributed by atoms with van der Waals surface area (Å²) in [6.45, 7) is 5.33. The van der Waals surface area contributed by atoms with E-state index in [1.54, 1.807) is 52.1 Å². The highest BCUT2D eigenvalue weighted by atomic mass is 16.6. The van der Waals surface area contributed by atoms with Gasteiger partial charge in [0.05, 0.1) is 13.2 Å². The van der Waals surface area contributed by atoms with Crippen molar-refractivity contribution in [3.05, 3.63) is 65.7 Å². The molecule has 29 heavy (non-hydrogen) atoms. The second-order valence-electron chi connectivity index (χ2n) is 7.88. The molecule has 1 heterocycles. The van der Waals surface area contributed by atoms with E-state index in [1.807, 2.05) is 30.3 Å². The van der Waals surface area contributed by atoms with Gasteiger partial charge in [0.25, 0.3) is 0 Å². The lowest BCUT2D eigenvalue weighted by Gasteiger charge is -2.32. The van der Waals surface area contributed by atoms with Crippen molar-refractivity contribution in [2.24, 2.45) is 0 Å². The monoisotopic (exact) mass is 401 g/mol. The van der Waals surface area contributed by atoms with Crippen LogP contribution in [0.5, 0.6) is 5.75 Å². The van der Waals surface area contributed by atoms with Crippen molar-refractivity contribution in [3.8, 4) is 5.75 Å². The lowest BCUT2D eigenvalue weighted by Crippen LogP contribution is -2.41. The Balaban J connectivity index is 2.06. The minimum Gasteiger partial charge on any atom is -0.497 e. The zero-order chi connectivity index (χ0) is 21.2. The zero-order valence-electron chi connectivity index (χ0n) is 17.0. The Morgan fingerprint density at radius 1 is 1.03 bits per heavy atom. The molecule has 0 spiro atoms. The number of ether oxygens (including phenoxy) is 3. The molecule has 1 amide bonds. The number of aliphatic hydroxyl groups excluding tert-OH is 1. The molecule has 0 aromatic heterocycles. The largest absolute Gasteiger partial charge is 0.497 e. The molecule has 3 atom stereocenters. The highest BCUT2D eigenvalue weighted by Crippen LogP contribution is 2.45. The van der Waals surface area contributed by atoms with Crippen LogP contribution in [-0.4, -0.2) is 46.3 Å². The van der Waals surface area contributed by atoms with Crippen LogP contribution in [0.1, 0.15) is 44.2 Å². The molecule has 0 saturated carbocycles. The van der Waals surface area contributed by atoms with E-state index in [-0.39, 0.29) is 0 Å². The Labute approximate surface area is 170 Å². The van der Waals surface area contributed by atoms with Gasteiger partial charge in [-0.15, -0.1) is 0 Å². The Kier molecular flexibility index (Phi) is 6.12. The van der Waals surface area contributed by atoms with Crippen LogP contribution in [-0.2, 0) is 9.47 Å². The fourth-order valence-corrected chi connectivity index (χ4v) is 3.36. The molecule has 1 saturated heterocycles. The van der Waals surface area contributed by atoms with Crippen LogP contribution in [0.25, 0.3) is 0 Å². The first-order valence-corrected chi connectivity index (χ1v) is 9.43. The van der Waals surface area contributed by atoms with Gasteiger partial charge in [0.1, 0.15) is 17.5 Å². The minimum atomic E-state index is -1.78. The van der Waals surface area contributed by atoms with Crippen molar-refractivity contribution < 1.29 is 29.2 Å². The molecule has 7 nitrogen and oxygen atoms in total. The molecule has 0 aliphatic carbocycles. The molecule has 1 fully saturated rings. The number of hydrogen-bond acceptors (Lipinski definition) is 6. The standard InChI is InChI=1S/C22H27NO6/c1-22(2,3)29-21(26)23-17(14-8-6-5-7-9-14)18(20(24)25)28-19(23)15-10-12-16(27-4)13-11-15/h5-13,17-20,24-25H,1-4H3/t17-,18-,19?/m1/s1. The van der Waals surface area contributed by atoms with Crippen molar-refractivity contribution in [1.82, 2.24) is 4.90 Å². The number of hydrogen-bond donors (Lipinski definition) is 2. The van der Waals surface area contributed by atoms with Gasteiger partial charge in [0.2, 0.25) is 0 Å². The summed E-state index contributed by atoms with van der Waals surface area (Å²) in [5.74, 6) is 0.661. The smallest absolute Gasteiger partial charge is 0.413 e. The second kappa shape index (κ2) is 8.41. The summed E-state index contributed by atoms with van der Waals surface area (Å²) >= 11 is 0. The fraction of sp³-hybridized carbons (Fsp3) is 0.409. The number of methoxy groups -OCH3 is 1. The van der Waals surface area contributed by atoms with Crippen molar-refractivity contribution in [2.45, 2.75) is 51.0 Å². The number of carbonyl (C=O) groups excluding carboxylic acids is 1. The predicted molar refractivity (Wildman–Crippen MR) is 106 cm³/mol. The lowest BCUT2D eigenvalue weighted by molar-refractivity contribution is -0.145. The van der Waals surface area contributed by atoms with Gasteiger partial charge in [-0.1, -0.05) is 42.5 Å². The molecule has 156 valence electrons.